The van der Waals surface area contributed by atoms with Crippen molar-refractivity contribution < 1.29 is 28.8 Å². The van der Waals surface area contributed by atoms with E-state index in [-0.39, 0.29) is 6.61 Å². The van der Waals surface area contributed by atoms with E-state index in [0.717, 1.165) is 0 Å². The van der Waals surface area contributed by atoms with Crippen LogP contribution in [0.15, 0.2) is 0 Å². The Hall–Kier alpha value is -0.320. The van der Waals surface area contributed by atoms with Crippen LogP contribution in [0.1, 0.15) is 0 Å². The highest BCUT2D eigenvalue weighted by molar-refractivity contribution is 4.69. The second-order valence-electron chi connectivity index (χ2n) is 4.09. The summed E-state index contributed by atoms with van der Waals surface area (Å²) in [7, 11) is 0. The number of ether oxygens (including phenoxy) is 5. The number of aliphatic hydroxyl groups excluding tert-OH is 1. The minimum absolute atomic E-state index is 0.0442. The van der Waals surface area contributed by atoms with Crippen LogP contribution in [0, 0.1) is 0 Å². The van der Waals surface area contributed by atoms with Crippen LogP contribution in [0.25, 0.3) is 0 Å². The number of hydrogen-bond donors (Lipinski definition) is 3. The predicted octanol–water partition coefficient (Wildman–Crippen LogP) is -1.50. The average molecular weight is 294 g/mol. The Bertz CT molecular complexity index is 206. The zero-order valence-corrected chi connectivity index (χ0v) is 11.8. The zero-order valence-electron chi connectivity index (χ0n) is 11.8. The van der Waals surface area contributed by atoms with Crippen LogP contribution in [0.4, 0.5) is 0 Å². The minimum Gasteiger partial charge on any atom is -0.394 e. The summed E-state index contributed by atoms with van der Waals surface area (Å²) in [5.41, 5.74) is 5.83. The topological polar surface area (TPSA) is 110 Å². The van der Waals surface area contributed by atoms with Crippen molar-refractivity contribution in [2.75, 3.05) is 72.7 Å². The first-order chi connectivity index (χ1) is 9.93. The number of nitrogens with one attached hydrogen (secondary N) is 2. The van der Waals surface area contributed by atoms with E-state index in [1.54, 1.807) is 0 Å². The molecule has 0 bridgehead atoms. The van der Waals surface area contributed by atoms with Crippen LogP contribution in [-0.2, 0) is 23.7 Å². The Morgan fingerprint density at radius 3 is 1.40 bits per heavy atom. The molecule has 8 nitrogen and oxygen atoms in total. The summed E-state index contributed by atoms with van der Waals surface area (Å²) in [6.45, 7) is 5.43. The van der Waals surface area contributed by atoms with E-state index in [0.29, 0.717) is 72.2 Å². The molecule has 0 aromatic rings. The van der Waals surface area contributed by atoms with Crippen molar-refractivity contribution in [1.82, 2.24) is 10.9 Å². The largest absolute Gasteiger partial charge is 0.394 e. The number of hydrogen-bond acceptors (Lipinski definition) is 8. The lowest BCUT2D eigenvalue weighted by atomic mass is 10.6. The van der Waals surface area contributed by atoms with E-state index in [4.69, 9.17) is 28.8 Å². The number of aliphatic hydroxyl groups is 1. The molecule has 1 fully saturated rings. The van der Waals surface area contributed by atoms with Gasteiger partial charge in [-0.15, -0.1) is 0 Å². The maximum atomic E-state index is 8.47. The second kappa shape index (κ2) is 13.7. The molecular weight excluding hydrogens is 268 g/mol. The van der Waals surface area contributed by atoms with Crippen molar-refractivity contribution in [2.45, 2.75) is 6.17 Å². The van der Waals surface area contributed by atoms with Crippen molar-refractivity contribution in [3.05, 3.63) is 0 Å². The van der Waals surface area contributed by atoms with Gasteiger partial charge in [-0.3, -0.25) is 0 Å². The molecule has 0 saturated carbocycles. The average Bonchev–Trinajstić information content (AvgIpc) is 3.27. The molecule has 120 valence electrons. The molecule has 3 N–H and O–H groups in total. The molecule has 0 aromatic heterocycles. The second-order valence-corrected chi connectivity index (χ2v) is 4.09. The van der Waals surface area contributed by atoms with Crippen LogP contribution in [-0.4, -0.2) is 83.9 Å². The van der Waals surface area contributed by atoms with Crippen molar-refractivity contribution in [3.8, 4) is 0 Å². The van der Waals surface area contributed by atoms with Gasteiger partial charge in [-0.2, -0.15) is 0 Å². The third-order valence-electron chi connectivity index (χ3n) is 2.36. The summed E-state index contributed by atoms with van der Waals surface area (Å²) in [6, 6.07) is 0. The van der Waals surface area contributed by atoms with Crippen molar-refractivity contribution in [2.24, 2.45) is 0 Å². The lowest BCUT2D eigenvalue weighted by Crippen LogP contribution is -2.14. The SMILES string of the molecule is OCCOCCOCCOCCOCCOCC1NN1. The van der Waals surface area contributed by atoms with Crippen molar-refractivity contribution >= 4 is 0 Å². The molecule has 20 heavy (non-hydrogen) atoms. The normalized spacial score (nSPS) is 14.8. The van der Waals surface area contributed by atoms with Gasteiger partial charge in [-0.05, 0) is 0 Å². The molecule has 0 aromatic carbocycles. The Labute approximate surface area is 119 Å². The van der Waals surface area contributed by atoms with E-state index >= 15 is 0 Å². The molecule has 1 saturated heterocycles. The first-order valence-corrected chi connectivity index (χ1v) is 6.94. The van der Waals surface area contributed by atoms with Crippen molar-refractivity contribution in [3.63, 3.8) is 0 Å². The molecule has 1 heterocycles. The van der Waals surface area contributed by atoms with Gasteiger partial charge in [0, 0.05) is 0 Å². The lowest BCUT2D eigenvalue weighted by Gasteiger charge is -2.07. The summed E-state index contributed by atoms with van der Waals surface area (Å²) >= 11 is 0. The van der Waals surface area contributed by atoms with Crippen molar-refractivity contribution in [1.29, 1.82) is 0 Å². The Morgan fingerprint density at radius 1 is 0.600 bits per heavy atom. The van der Waals surface area contributed by atoms with E-state index < -0.39 is 0 Å². The first kappa shape index (κ1) is 17.7. The fourth-order valence-corrected chi connectivity index (χ4v) is 1.29. The molecule has 0 amide bonds. The first-order valence-electron chi connectivity index (χ1n) is 6.94. The van der Waals surface area contributed by atoms with Crippen LogP contribution < -0.4 is 10.9 Å². The third-order valence-corrected chi connectivity index (χ3v) is 2.36. The summed E-state index contributed by atoms with van der Waals surface area (Å²) < 4.78 is 26.3. The molecule has 0 unspecified atom stereocenters. The van der Waals surface area contributed by atoms with Gasteiger partial charge >= 0.3 is 0 Å². The van der Waals surface area contributed by atoms with Gasteiger partial charge in [0.2, 0.25) is 0 Å². The fraction of sp³-hybridized carbons (Fsp3) is 1.00. The smallest absolute Gasteiger partial charge is 0.107 e. The molecular formula is C12H26N2O6. The molecule has 8 heteroatoms. The summed E-state index contributed by atoms with van der Waals surface area (Å²) in [5, 5.41) is 8.47. The predicted molar refractivity (Wildman–Crippen MR) is 71.2 cm³/mol. The standard InChI is InChI=1S/C12H26N2O6/c15-1-2-16-3-4-17-5-6-18-7-8-19-9-10-20-11-12-13-14-12/h12-15H,1-11H2. The summed E-state index contributed by atoms with van der Waals surface area (Å²) in [5.74, 6) is 0. The minimum atomic E-state index is 0.0442. The van der Waals surface area contributed by atoms with Gasteiger partial charge in [0.05, 0.1) is 72.7 Å². The summed E-state index contributed by atoms with van der Waals surface area (Å²) in [4.78, 5) is 0. The van der Waals surface area contributed by atoms with E-state index in [1.807, 2.05) is 0 Å². The fourth-order valence-electron chi connectivity index (χ4n) is 1.29. The van der Waals surface area contributed by atoms with E-state index in [9.17, 15) is 0 Å². The molecule has 0 spiro atoms. The molecule has 0 aliphatic carbocycles. The highest BCUT2D eigenvalue weighted by Gasteiger charge is 2.17. The Balaban J connectivity index is 1.60. The van der Waals surface area contributed by atoms with Gasteiger partial charge in [0.15, 0.2) is 0 Å². The van der Waals surface area contributed by atoms with E-state index in [2.05, 4.69) is 10.9 Å². The lowest BCUT2D eigenvalue weighted by molar-refractivity contribution is -0.0132. The van der Waals surface area contributed by atoms with Gasteiger partial charge in [0.25, 0.3) is 0 Å². The summed E-state index contributed by atoms with van der Waals surface area (Å²) in [6.07, 6.45) is 0.312. The van der Waals surface area contributed by atoms with Crippen LogP contribution in [0.3, 0.4) is 0 Å². The van der Waals surface area contributed by atoms with E-state index in [1.165, 1.54) is 0 Å². The van der Waals surface area contributed by atoms with Crippen LogP contribution in [0.5, 0.6) is 0 Å². The molecule has 1 aliphatic heterocycles. The molecule has 0 atom stereocenters. The number of hydrazine groups is 1. The highest BCUT2D eigenvalue weighted by Crippen LogP contribution is 1.89. The zero-order chi connectivity index (χ0) is 14.3. The Morgan fingerprint density at radius 2 is 1.00 bits per heavy atom. The van der Waals surface area contributed by atoms with Gasteiger partial charge in [0.1, 0.15) is 6.17 Å². The van der Waals surface area contributed by atoms with Crippen LogP contribution in [0.2, 0.25) is 0 Å². The highest BCUT2D eigenvalue weighted by atomic mass is 16.6. The maximum Gasteiger partial charge on any atom is 0.107 e. The quantitative estimate of drug-likeness (QED) is 0.233. The number of rotatable bonds is 16. The van der Waals surface area contributed by atoms with Gasteiger partial charge in [-0.25, -0.2) is 10.9 Å². The molecule has 1 aliphatic rings. The molecule has 1 rings (SSSR count). The molecule has 0 radical (unpaired) electrons. The van der Waals surface area contributed by atoms with Gasteiger partial charge < -0.3 is 28.8 Å². The van der Waals surface area contributed by atoms with Crippen LogP contribution >= 0.6 is 0 Å². The third kappa shape index (κ3) is 12.7. The Kier molecular flexibility index (Phi) is 12.1. The monoisotopic (exact) mass is 294 g/mol. The van der Waals surface area contributed by atoms with Gasteiger partial charge in [-0.1, -0.05) is 0 Å². The maximum absolute atomic E-state index is 8.47.